The smallest absolute Gasteiger partial charge is 0.356 e. The number of unbranched alkanes of at least 4 members (excludes halogenated alkanes) is 7. The number of carbonyl (C=O) groups is 3. The number of carbonyl (C=O) groups excluding carboxylic acids is 3. The van der Waals surface area contributed by atoms with Crippen LogP contribution in [0.5, 0.6) is 0 Å². The molecule has 1 heterocycles. The van der Waals surface area contributed by atoms with Gasteiger partial charge in [-0.15, -0.1) is 5.06 Å². The fraction of sp³-hybridized carbons (Fsp3) is 0.792. The molecule has 0 N–H and O–H groups in total. The van der Waals surface area contributed by atoms with Crippen molar-refractivity contribution in [3.05, 3.63) is 12.2 Å². The van der Waals surface area contributed by atoms with Gasteiger partial charge in [-0.05, 0) is 18.6 Å². The summed E-state index contributed by atoms with van der Waals surface area (Å²) in [7, 11) is 0. The van der Waals surface area contributed by atoms with E-state index >= 15 is 0 Å². The maximum Gasteiger partial charge on any atom is 0.356 e. The number of thiol groups is 1. The van der Waals surface area contributed by atoms with Gasteiger partial charge in [0.25, 0.3) is 11.8 Å². The molecule has 1 aliphatic heterocycles. The van der Waals surface area contributed by atoms with E-state index in [4.69, 9.17) is 18.9 Å². The van der Waals surface area contributed by atoms with Crippen molar-refractivity contribution in [3.63, 3.8) is 0 Å². The van der Waals surface area contributed by atoms with Crippen LogP contribution in [-0.2, 0) is 38.2 Å². The van der Waals surface area contributed by atoms with Gasteiger partial charge in [0.2, 0.25) is 0 Å². The molecule has 0 saturated carbocycles. The molecule has 1 fully saturated rings. The van der Waals surface area contributed by atoms with E-state index < -0.39 is 17.8 Å². The van der Waals surface area contributed by atoms with Crippen molar-refractivity contribution in [3.8, 4) is 0 Å². The minimum atomic E-state index is -0.796. The molecule has 0 spiro atoms. The van der Waals surface area contributed by atoms with E-state index in [1.54, 1.807) is 0 Å². The summed E-state index contributed by atoms with van der Waals surface area (Å²) in [6, 6.07) is 0. The molecule has 0 radical (unpaired) electrons. The van der Waals surface area contributed by atoms with Gasteiger partial charge in [0.1, 0.15) is 0 Å². The fourth-order valence-electron chi connectivity index (χ4n) is 3.11. The number of ether oxygens (including phenoxy) is 4. The molecule has 34 heavy (non-hydrogen) atoms. The molecule has 0 aromatic rings. The molecular weight excluding hydrogens is 462 g/mol. The number of nitrogens with zero attached hydrogens (tertiary/aromatic N) is 1. The van der Waals surface area contributed by atoms with E-state index in [0.717, 1.165) is 24.9 Å². The van der Waals surface area contributed by atoms with Gasteiger partial charge in [-0.2, -0.15) is 12.6 Å². The van der Waals surface area contributed by atoms with E-state index in [9.17, 15) is 14.4 Å². The van der Waals surface area contributed by atoms with Crippen LogP contribution in [0.3, 0.4) is 0 Å². The van der Waals surface area contributed by atoms with Crippen molar-refractivity contribution in [2.75, 3.05) is 58.6 Å². The zero-order valence-electron chi connectivity index (χ0n) is 20.3. The SMILES string of the molecule is O=C(/C=C/COCCOCCOCCOCCCCCCCCCCS)ON1C(=O)CCC1=O. The lowest BCUT2D eigenvalue weighted by atomic mass is 10.1. The Morgan fingerprint density at radius 2 is 1.18 bits per heavy atom. The first kappa shape index (κ1) is 30.6. The number of hydrogen-bond acceptors (Lipinski definition) is 9. The molecule has 2 amide bonds. The molecule has 0 atom stereocenters. The largest absolute Gasteiger partial charge is 0.379 e. The third kappa shape index (κ3) is 17.0. The Morgan fingerprint density at radius 1 is 0.706 bits per heavy atom. The number of rotatable bonds is 23. The van der Waals surface area contributed by atoms with E-state index in [1.807, 2.05) is 0 Å². The summed E-state index contributed by atoms with van der Waals surface area (Å²) >= 11 is 4.22. The van der Waals surface area contributed by atoms with Gasteiger partial charge in [0.05, 0.1) is 46.2 Å². The summed E-state index contributed by atoms with van der Waals surface area (Å²) < 4.78 is 21.7. The topological polar surface area (TPSA) is 101 Å². The highest BCUT2D eigenvalue weighted by Gasteiger charge is 2.32. The van der Waals surface area contributed by atoms with Gasteiger partial charge in [-0.1, -0.05) is 44.6 Å². The van der Waals surface area contributed by atoms with Crippen molar-refractivity contribution in [1.29, 1.82) is 0 Å². The first-order valence-electron chi connectivity index (χ1n) is 12.3. The van der Waals surface area contributed by atoms with Crippen LogP contribution in [0.15, 0.2) is 12.2 Å². The van der Waals surface area contributed by atoms with Crippen molar-refractivity contribution in [2.24, 2.45) is 0 Å². The molecule has 0 aromatic carbocycles. The Bertz CT molecular complexity index is 571. The number of imide groups is 1. The molecule has 0 bridgehead atoms. The minimum Gasteiger partial charge on any atom is -0.379 e. The van der Waals surface area contributed by atoms with Crippen LogP contribution in [-0.4, -0.2) is 81.5 Å². The monoisotopic (exact) mass is 503 g/mol. The molecule has 10 heteroatoms. The second-order valence-corrected chi connectivity index (χ2v) is 8.31. The van der Waals surface area contributed by atoms with Crippen molar-refractivity contribution in [2.45, 2.75) is 64.2 Å². The predicted molar refractivity (Wildman–Crippen MR) is 130 cm³/mol. The van der Waals surface area contributed by atoms with Gasteiger partial charge in [0, 0.05) is 25.5 Å². The second-order valence-electron chi connectivity index (χ2n) is 7.86. The zero-order chi connectivity index (χ0) is 24.7. The van der Waals surface area contributed by atoms with E-state index in [2.05, 4.69) is 17.5 Å². The van der Waals surface area contributed by atoms with E-state index in [-0.39, 0.29) is 19.4 Å². The Balaban J connectivity index is 1.75. The predicted octanol–water partition coefficient (Wildman–Crippen LogP) is 3.27. The molecule has 1 saturated heterocycles. The quantitative estimate of drug-likeness (QED) is 0.0982. The summed E-state index contributed by atoms with van der Waals surface area (Å²) in [5.74, 6) is -0.815. The lowest BCUT2D eigenvalue weighted by Gasteiger charge is -2.10. The van der Waals surface area contributed by atoms with Gasteiger partial charge >= 0.3 is 5.97 Å². The Hall–Kier alpha value is -1.46. The van der Waals surface area contributed by atoms with Crippen molar-refractivity contribution >= 4 is 30.4 Å². The van der Waals surface area contributed by atoms with E-state index in [1.165, 1.54) is 51.0 Å². The lowest BCUT2D eigenvalue weighted by Crippen LogP contribution is -2.31. The first-order chi connectivity index (χ1) is 16.6. The summed E-state index contributed by atoms with van der Waals surface area (Å²) in [5.41, 5.74) is 0. The maximum absolute atomic E-state index is 11.5. The molecular formula is C24H41NO8S. The van der Waals surface area contributed by atoms with Crippen LogP contribution in [0.4, 0.5) is 0 Å². The third-order valence-electron chi connectivity index (χ3n) is 4.97. The van der Waals surface area contributed by atoms with Gasteiger partial charge in [-0.25, -0.2) is 4.79 Å². The van der Waals surface area contributed by atoms with E-state index in [0.29, 0.717) is 44.7 Å². The molecule has 1 rings (SSSR count). The van der Waals surface area contributed by atoms with Crippen LogP contribution in [0.1, 0.15) is 64.2 Å². The molecule has 196 valence electrons. The highest BCUT2D eigenvalue weighted by molar-refractivity contribution is 7.80. The Kier molecular flexibility index (Phi) is 19.8. The summed E-state index contributed by atoms with van der Waals surface area (Å²) in [6.07, 6.45) is 12.8. The average Bonchev–Trinajstić information content (AvgIpc) is 3.14. The summed E-state index contributed by atoms with van der Waals surface area (Å²) in [4.78, 5) is 38.9. The normalized spacial score (nSPS) is 14.0. The molecule has 9 nitrogen and oxygen atoms in total. The minimum absolute atomic E-state index is 0.0652. The zero-order valence-corrected chi connectivity index (χ0v) is 21.1. The Labute approximate surface area is 208 Å². The highest BCUT2D eigenvalue weighted by atomic mass is 32.1. The van der Waals surface area contributed by atoms with Crippen molar-refractivity contribution < 1.29 is 38.2 Å². The number of hydroxylamine groups is 2. The lowest BCUT2D eigenvalue weighted by molar-refractivity contribution is -0.193. The summed E-state index contributed by atoms with van der Waals surface area (Å²) in [5, 5.41) is 0.506. The summed E-state index contributed by atoms with van der Waals surface area (Å²) in [6.45, 7) is 3.86. The molecule has 1 aliphatic rings. The highest BCUT2D eigenvalue weighted by Crippen LogP contribution is 2.12. The van der Waals surface area contributed by atoms with Gasteiger partial charge in [0.15, 0.2) is 0 Å². The van der Waals surface area contributed by atoms with Crippen LogP contribution >= 0.6 is 12.6 Å². The van der Waals surface area contributed by atoms with Crippen molar-refractivity contribution in [1.82, 2.24) is 5.06 Å². The first-order valence-corrected chi connectivity index (χ1v) is 12.9. The fourth-order valence-corrected chi connectivity index (χ4v) is 3.33. The molecule has 0 aromatic heterocycles. The van der Waals surface area contributed by atoms with Crippen LogP contribution in [0, 0.1) is 0 Å². The standard InChI is InChI=1S/C24H41NO8S/c26-22-11-12-23(27)25(22)33-24(28)10-9-14-30-16-18-32-20-19-31-17-15-29-13-7-5-3-1-2-4-6-8-21-34/h9-10,34H,1-8,11-21H2/b10-9+. The van der Waals surface area contributed by atoms with Gasteiger partial charge < -0.3 is 23.8 Å². The second kappa shape index (κ2) is 22.0. The maximum atomic E-state index is 11.5. The average molecular weight is 504 g/mol. The number of hydrogen-bond donors (Lipinski definition) is 1. The third-order valence-corrected chi connectivity index (χ3v) is 5.28. The molecule has 0 aliphatic carbocycles. The Morgan fingerprint density at radius 3 is 1.74 bits per heavy atom. The van der Waals surface area contributed by atoms with Crippen LogP contribution in [0.25, 0.3) is 0 Å². The van der Waals surface area contributed by atoms with Crippen LogP contribution < -0.4 is 0 Å². The van der Waals surface area contributed by atoms with Crippen LogP contribution in [0.2, 0.25) is 0 Å². The van der Waals surface area contributed by atoms with Gasteiger partial charge in [-0.3, -0.25) is 9.59 Å². The number of amides is 2. The molecule has 0 unspecified atom stereocenters.